The molecule has 0 aliphatic carbocycles. The fraction of sp³-hybridized carbons (Fsp3) is 0.273. The van der Waals surface area contributed by atoms with Crippen LogP contribution in [0.4, 0.5) is 0 Å². The minimum absolute atomic E-state index is 0.214. The highest BCUT2D eigenvalue weighted by Gasteiger charge is 2.12. The molecule has 0 radical (unpaired) electrons. The summed E-state index contributed by atoms with van der Waals surface area (Å²) < 4.78 is 1.83. The number of nitrogens with one attached hydrogen (secondary N) is 1. The van der Waals surface area contributed by atoms with Gasteiger partial charge >= 0.3 is 0 Å². The van der Waals surface area contributed by atoms with Crippen molar-refractivity contribution >= 4 is 29.1 Å². The molecule has 8 heteroatoms. The highest BCUT2D eigenvalue weighted by molar-refractivity contribution is 6.35. The average Bonchev–Trinajstić information content (AvgIpc) is 2.86. The lowest BCUT2D eigenvalue weighted by molar-refractivity contribution is 0.0949. The largest absolute Gasteiger partial charge is 0.345 e. The lowest BCUT2D eigenvalue weighted by atomic mass is 10.2. The molecular formula is C11H11Cl2N5O. The molecule has 2 aromatic heterocycles. The van der Waals surface area contributed by atoms with E-state index in [1.807, 2.05) is 11.5 Å². The number of carbonyl (C=O) groups is 1. The van der Waals surface area contributed by atoms with Gasteiger partial charge in [0.25, 0.3) is 5.91 Å². The summed E-state index contributed by atoms with van der Waals surface area (Å²) in [4.78, 5) is 15.8. The predicted molar refractivity (Wildman–Crippen MR) is 71.1 cm³/mol. The van der Waals surface area contributed by atoms with Gasteiger partial charge in [-0.05, 0) is 13.0 Å². The molecule has 2 aromatic rings. The molecule has 0 fully saturated rings. The van der Waals surface area contributed by atoms with Crippen LogP contribution in [0.3, 0.4) is 0 Å². The highest BCUT2D eigenvalue weighted by atomic mass is 35.5. The van der Waals surface area contributed by atoms with Gasteiger partial charge in [-0.1, -0.05) is 23.2 Å². The van der Waals surface area contributed by atoms with Crippen LogP contribution < -0.4 is 5.32 Å². The Bertz CT molecular complexity index is 599. The molecule has 0 saturated heterocycles. The number of hydrogen-bond donors (Lipinski definition) is 1. The molecule has 0 bridgehead atoms. The molecule has 0 aromatic carbocycles. The van der Waals surface area contributed by atoms with Crippen molar-refractivity contribution < 1.29 is 4.79 Å². The number of pyridine rings is 1. The van der Waals surface area contributed by atoms with E-state index in [9.17, 15) is 4.79 Å². The van der Waals surface area contributed by atoms with Gasteiger partial charge in [-0.25, -0.2) is 4.98 Å². The van der Waals surface area contributed by atoms with E-state index in [1.165, 1.54) is 12.3 Å². The quantitative estimate of drug-likeness (QED) is 0.876. The second-order valence-corrected chi connectivity index (χ2v) is 4.50. The first kappa shape index (κ1) is 13.8. The first-order valence-corrected chi connectivity index (χ1v) is 6.33. The maximum atomic E-state index is 12.0. The maximum Gasteiger partial charge on any atom is 0.253 e. The van der Waals surface area contributed by atoms with Crippen molar-refractivity contribution in [1.82, 2.24) is 25.1 Å². The standard InChI is InChI=1S/C11H11Cl2N5O/c1-2-18-6-16-17-10(18)5-15-11(19)7-3-9(13)14-4-8(7)12/h3-4,6H,2,5H2,1H3,(H,15,19). The van der Waals surface area contributed by atoms with Crippen LogP contribution in [0.2, 0.25) is 10.2 Å². The summed E-state index contributed by atoms with van der Waals surface area (Å²) >= 11 is 11.6. The fourth-order valence-electron chi connectivity index (χ4n) is 1.52. The second kappa shape index (κ2) is 5.99. The monoisotopic (exact) mass is 299 g/mol. The van der Waals surface area contributed by atoms with Crippen molar-refractivity contribution in [1.29, 1.82) is 0 Å². The molecule has 2 rings (SSSR count). The zero-order chi connectivity index (χ0) is 13.8. The molecular weight excluding hydrogens is 289 g/mol. The van der Waals surface area contributed by atoms with E-state index in [2.05, 4.69) is 20.5 Å². The van der Waals surface area contributed by atoms with E-state index in [1.54, 1.807) is 6.33 Å². The number of rotatable bonds is 4. The first-order chi connectivity index (χ1) is 9.11. The summed E-state index contributed by atoms with van der Waals surface area (Å²) in [7, 11) is 0. The highest BCUT2D eigenvalue weighted by Crippen LogP contribution is 2.17. The van der Waals surface area contributed by atoms with Crippen LogP contribution in [-0.4, -0.2) is 25.7 Å². The van der Waals surface area contributed by atoms with Gasteiger partial charge in [0.2, 0.25) is 0 Å². The number of amides is 1. The van der Waals surface area contributed by atoms with E-state index in [-0.39, 0.29) is 28.2 Å². The zero-order valence-electron chi connectivity index (χ0n) is 10.1. The molecule has 0 aliphatic heterocycles. The van der Waals surface area contributed by atoms with Gasteiger partial charge in [0.1, 0.15) is 11.5 Å². The number of hydrogen-bond acceptors (Lipinski definition) is 4. The molecule has 0 unspecified atom stereocenters. The van der Waals surface area contributed by atoms with Crippen LogP contribution in [0.1, 0.15) is 23.1 Å². The Labute approximate surface area is 119 Å². The van der Waals surface area contributed by atoms with E-state index in [4.69, 9.17) is 23.2 Å². The summed E-state index contributed by atoms with van der Waals surface area (Å²) in [6, 6.07) is 1.42. The van der Waals surface area contributed by atoms with E-state index < -0.39 is 0 Å². The molecule has 0 saturated carbocycles. The van der Waals surface area contributed by atoms with Gasteiger partial charge in [-0.15, -0.1) is 10.2 Å². The third-order valence-corrected chi connectivity index (χ3v) is 3.02. The smallest absolute Gasteiger partial charge is 0.253 e. The van der Waals surface area contributed by atoms with Crippen molar-refractivity contribution in [3.63, 3.8) is 0 Å². The molecule has 2 heterocycles. The van der Waals surface area contributed by atoms with Gasteiger partial charge in [-0.2, -0.15) is 0 Å². The minimum Gasteiger partial charge on any atom is -0.345 e. The topological polar surface area (TPSA) is 72.7 Å². The SMILES string of the molecule is CCn1cnnc1CNC(=O)c1cc(Cl)ncc1Cl. The Morgan fingerprint density at radius 2 is 2.26 bits per heavy atom. The number of carbonyl (C=O) groups excluding carboxylic acids is 1. The lowest BCUT2D eigenvalue weighted by Gasteiger charge is -2.07. The van der Waals surface area contributed by atoms with Gasteiger partial charge < -0.3 is 9.88 Å². The number of halogens is 2. The maximum absolute atomic E-state index is 12.0. The Kier molecular flexibility index (Phi) is 4.34. The van der Waals surface area contributed by atoms with Crippen LogP contribution in [0.25, 0.3) is 0 Å². The summed E-state index contributed by atoms with van der Waals surface area (Å²) in [5.74, 6) is 0.340. The van der Waals surface area contributed by atoms with Crippen molar-refractivity contribution in [2.24, 2.45) is 0 Å². The number of aromatic nitrogens is 4. The van der Waals surface area contributed by atoms with Crippen molar-refractivity contribution in [3.8, 4) is 0 Å². The van der Waals surface area contributed by atoms with Gasteiger partial charge in [0.05, 0.1) is 17.1 Å². The summed E-state index contributed by atoms with van der Waals surface area (Å²) in [6.07, 6.45) is 2.95. The van der Waals surface area contributed by atoms with E-state index in [0.29, 0.717) is 5.82 Å². The Hall–Kier alpha value is -1.66. The Morgan fingerprint density at radius 3 is 3.00 bits per heavy atom. The normalized spacial score (nSPS) is 10.5. The summed E-state index contributed by atoms with van der Waals surface area (Å²) in [5, 5.41) is 10.9. The molecule has 1 N–H and O–H groups in total. The molecule has 0 spiro atoms. The Balaban J connectivity index is 2.07. The zero-order valence-corrected chi connectivity index (χ0v) is 11.6. The van der Waals surface area contributed by atoms with Crippen molar-refractivity contribution in [2.75, 3.05) is 0 Å². The summed E-state index contributed by atoms with van der Waals surface area (Å²) in [6.45, 7) is 2.97. The molecule has 1 amide bonds. The predicted octanol–water partition coefficient (Wildman–Crippen LogP) is 1.93. The van der Waals surface area contributed by atoms with Crippen molar-refractivity contribution in [3.05, 3.63) is 40.2 Å². The van der Waals surface area contributed by atoms with E-state index >= 15 is 0 Å². The van der Waals surface area contributed by atoms with Crippen LogP contribution in [0.15, 0.2) is 18.6 Å². The third-order valence-electron chi connectivity index (χ3n) is 2.51. The van der Waals surface area contributed by atoms with E-state index in [0.717, 1.165) is 6.54 Å². The molecule has 0 atom stereocenters. The van der Waals surface area contributed by atoms with Crippen LogP contribution in [-0.2, 0) is 13.1 Å². The molecule has 6 nitrogen and oxygen atoms in total. The average molecular weight is 300 g/mol. The minimum atomic E-state index is -0.333. The first-order valence-electron chi connectivity index (χ1n) is 5.57. The molecule has 100 valence electrons. The van der Waals surface area contributed by atoms with Crippen LogP contribution in [0, 0.1) is 0 Å². The Morgan fingerprint density at radius 1 is 1.47 bits per heavy atom. The summed E-state index contributed by atoms with van der Waals surface area (Å²) in [5.41, 5.74) is 0.282. The van der Waals surface area contributed by atoms with Crippen LogP contribution in [0.5, 0.6) is 0 Å². The fourth-order valence-corrected chi connectivity index (χ4v) is 1.87. The van der Waals surface area contributed by atoms with Crippen molar-refractivity contribution in [2.45, 2.75) is 20.0 Å². The second-order valence-electron chi connectivity index (χ2n) is 3.70. The number of aryl methyl sites for hydroxylation is 1. The van der Waals surface area contributed by atoms with Crippen LogP contribution >= 0.6 is 23.2 Å². The molecule has 19 heavy (non-hydrogen) atoms. The van der Waals surface area contributed by atoms with Gasteiger partial charge in [0.15, 0.2) is 5.82 Å². The van der Waals surface area contributed by atoms with Gasteiger partial charge in [0, 0.05) is 12.7 Å². The molecule has 0 aliphatic rings. The lowest BCUT2D eigenvalue weighted by Crippen LogP contribution is -2.25. The number of nitrogens with zero attached hydrogens (tertiary/aromatic N) is 4. The third kappa shape index (κ3) is 3.21. The van der Waals surface area contributed by atoms with Gasteiger partial charge in [-0.3, -0.25) is 4.79 Å².